The summed E-state index contributed by atoms with van der Waals surface area (Å²) in [4.78, 5) is 0. The average molecular weight is 325 g/mol. The topological polar surface area (TPSA) is 29.5 Å². The van der Waals surface area contributed by atoms with Crippen molar-refractivity contribution in [2.24, 2.45) is 0 Å². The number of hydrogen-bond acceptors (Lipinski definition) is 2. The van der Waals surface area contributed by atoms with Crippen molar-refractivity contribution in [3.05, 3.63) is 63.4 Å². The van der Waals surface area contributed by atoms with Gasteiger partial charge in [-0.2, -0.15) is 0 Å². The molecule has 0 aliphatic heterocycles. The van der Waals surface area contributed by atoms with Crippen LogP contribution >= 0.6 is 15.9 Å². The maximum atomic E-state index is 13.8. The number of benzene rings is 2. The number of rotatable bonds is 3. The molecule has 1 unspecified atom stereocenters. The van der Waals surface area contributed by atoms with Gasteiger partial charge in [-0.15, -0.1) is 0 Å². The van der Waals surface area contributed by atoms with Gasteiger partial charge in [0.25, 0.3) is 0 Å². The van der Waals surface area contributed by atoms with Crippen LogP contribution in [0.3, 0.4) is 0 Å². The van der Waals surface area contributed by atoms with Crippen molar-refractivity contribution in [1.29, 1.82) is 0 Å². The zero-order valence-electron chi connectivity index (χ0n) is 10.7. The molecular weight excluding hydrogens is 311 g/mol. The summed E-state index contributed by atoms with van der Waals surface area (Å²) in [7, 11) is 1.57. The van der Waals surface area contributed by atoms with Crippen LogP contribution < -0.4 is 4.74 Å². The third-order valence-corrected chi connectivity index (χ3v) is 3.56. The van der Waals surface area contributed by atoms with E-state index >= 15 is 0 Å². The molecule has 2 nitrogen and oxygen atoms in total. The summed E-state index contributed by atoms with van der Waals surface area (Å²) in [5, 5.41) is 10.2. The molecule has 2 aromatic carbocycles. The fourth-order valence-electron chi connectivity index (χ4n) is 1.89. The minimum atomic E-state index is -0.997. The number of aliphatic hydroxyl groups is 1. The standard InChI is InChI=1S/C15H14BrFO2/c1-9-3-5-11(13(17)7-9)15(18)10-4-6-14(19-2)12(16)8-10/h3-8,15,18H,1-2H3. The van der Waals surface area contributed by atoms with Crippen molar-refractivity contribution >= 4 is 15.9 Å². The molecule has 19 heavy (non-hydrogen) atoms. The molecule has 0 spiro atoms. The summed E-state index contributed by atoms with van der Waals surface area (Å²) in [6.45, 7) is 1.81. The second-order valence-electron chi connectivity index (χ2n) is 4.32. The van der Waals surface area contributed by atoms with Gasteiger partial charge in [0.2, 0.25) is 0 Å². The Kier molecular flexibility index (Phi) is 4.22. The highest BCUT2D eigenvalue weighted by Gasteiger charge is 2.16. The van der Waals surface area contributed by atoms with Crippen molar-refractivity contribution in [2.75, 3.05) is 7.11 Å². The summed E-state index contributed by atoms with van der Waals surface area (Å²) in [5.74, 6) is 0.264. The third kappa shape index (κ3) is 2.96. The second-order valence-corrected chi connectivity index (χ2v) is 5.18. The first-order valence-corrected chi connectivity index (χ1v) is 6.59. The summed E-state index contributed by atoms with van der Waals surface area (Å²) >= 11 is 3.35. The average Bonchev–Trinajstić information content (AvgIpc) is 2.38. The van der Waals surface area contributed by atoms with Crippen molar-refractivity contribution < 1.29 is 14.2 Å². The van der Waals surface area contributed by atoms with E-state index in [2.05, 4.69) is 15.9 Å². The molecule has 0 aliphatic rings. The fourth-order valence-corrected chi connectivity index (χ4v) is 2.44. The van der Waals surface area contributed by atoms with Crippen molar-refractivity contribution in [3.63, 3.8) is 0 Å². The van der Waals surface area contributed by atoms with E-state index in [1.807, 2.05) is 6.92 Å². The normalized spacial score (nSPS) is 12.3. The third-order valence-electron chi connectivity index (χ3n) is 2.94. The van der Waals surface area contributed by atoms with E-state index in [0.29, 0.717) is 11.3 Å². The first kappa shape index (κ1) is 14.0. The predicted molar refractivity (Wildman–Crippen MR) is 75.9 cm³/mol. The number of aliphatic hydroxyl groups excluding tert-OH is 1. The van der Waals surface area contributed by atoms with E-state index in [0.717, 1.165) is 10.0 Å². The molecule has 0 saturated carbocycles. The lowest BCUT2D eigenvalue weighted by Gasteiger charge is -2.14. The fraction of sp³-hybridized carbons (Fsp3) is 0.200. The molecule has 4 heteroatoms. The molecule has 1 atom stereocenters. The molecular formula is C15H14BrFO2. The van der Waals surface area contributed by atoms with Crippen molar-refractivity contribution in [2.45, 2.75) is 13.0 Å². The van der Waals surface area contributed by atoms with Crippen LogP contribution in [0, 0.1) is 12.7 Å². The molecule has 2 rings (SSSR count). The monoisotopic (exact) mass is 324 g/mol. The number of ether oxygens (including phenoxy) is 1. The first-order chi connectivity index (χ1) is 9.02. The van der Waals surface area contributed by atoms with Crippen LogP contribution in [0.15, 0.2) is 40.9 Å². The Labute approximate surface area is 120 Å². The Hall–Kier alpha value is -1.39. The molecule has 0 amide bonds. The van der Waals surface area contributed by atoms with E-state index in [4.69, 9.17) is 4.74 Å². The van der Waals surface area contributed by atoms with Gasteiger partial charge in [0.1, 0.15) is 17.7 Å². The molecule has 2 aromatic rings. The Morgan fingerprint density at radius 3 is 2.53 bits per heavy atom. The first-order valence-electron chi connectivity index (χ1n) is 5.80. The quantitative estimate of drug-likeness (QED) is 0.925. The van der Waals surface area contributed by atoms with E-state index in [1.165, 1.54) is 6.07 Å². The van der Waals surface area contributed by atoms with Crippen LogP contribution in [0.25, 0.3) is 0 Å². The Morgan fingerprint density at radius 1 is 1.21 bits per heavy atom. The van der Waals surface area contributed by atoms with Gasteiger partial charge in [0, 0.05) is 5.56 Å². The molecule has 0 aliphatic carbocycles. The number of methoxy groups -OCH3 is 1. The summed E-state index contributed by atoms with van der Waals surface area (Å²) < 4.78 is 19.7. The van der Waals surface area contributed by atoms with Crippen LogP contribution in [0.1, 0.15) is 22.8 Å². The maximum Gasteiger partial charge on any atom is 0.133 e. The minimum Gasteiger partial charge on any atom is -0.496 e. The molecule has 1 N–H and O–H groups in total. The number of hydrogen-bond donors (Lipinski definition) is 1. The zero-order valence-corrected chi connectivity index (χ0v) is 12.2. The maximum absolute atomic E-state index is 13.8. The molecule has 0 bridgehead atoms. The highest BCUT2D eigenvalue weighted by molar-refractivity contribution is 9.10. The molecule has 0 saturated heterocycles. The Morgan fingerprint density at radius 2 is 1.95 bits per heavy atom. The number of aryl methyl sites for hydroxylation is 1. The van der Waals surface area contributed by atoms with E-state index < -0.39 is 11.9 Å². The molecule has 100 valence electrons. The van der Waals surface area contributed by atoms with Crippen LogP contribution in [-0.4, -0.2) is 12.2 Å². The largest absolute Gasteiger partial charge is 0.496 e. The van der Waals surface area contributed by atoms with Gasteiger partial charge in [0.15, 0.2) is 0 Å². The number of halogens is 2. The highest BCUT2D eigenvalue weighted by Crippen LogP contribution is 2.31. The Bertz CT molecular complexity index is 599. The van der Waals surface area contributed by atoms with E-state index in [-0.39, 0.29) is 5.56 Å². The Balaban J connectivity index is 2.38. The van der Waals surface area contributed by atoms with Gasteiger partial charge in [0.05, 0.1) is 11.6 Å². The lowest BCUT2D eigenvalue weighted by atomic mass is 10.00. The zero-order chi connectivity index (χ0) is 14.0. The smallest absolute Gasteiger partial charge is 0.133 e. The summed E-state index contributed by atoms with van der Waals surface area (Å²) in [6, 6.07) is 9.97. The molecule has 0 aromatic heterocycles. The van der Waals surface area contributed by atoms with Gasteiger partial charge in [-0.05, 0) is 52.2 Å². The molecule has 0 fully saturated rings. The SMILES string of the molecule is COc1ccc(C(O)c2ccc(C)cc2F)cc1Br. The lowest BCUT2D eigenvalue weighted by molar-refractivity contribution is 0.214. The van der Waals surface area contributed by atoms with Crippen LogP contribution in [0.2, 0.25) is 0 Å². The van der Waals surface area contributed by atoms with E-state index in [9.17, 15) is 9.50 Å². The van der Waals surface area contributed by atoms with Crippen molar-refractivity contribution in [1.82, 2.24) is 0 Å². The van der Waals surface area contributed by atoms with Crippen LogP contribution in [0.4, 0.5) is 4.39 Å². The molecule has 0 heterocycles. The van der Waals surface area contributed by atoms with Gasteiger partial charge in [-0.3, -0.25) is 0 Å². The lowest BCUT2D eigenvalue weighted by Crippen LogP contribution is -2.03. The van der Waals surface area contributed by atoms with Gasteiger partial charge in [-0.1, -0.05) is 18.2 Å². The van der Waals surface area contributed by atoms with Gasteiger partial charge < -0.3 is 9.84 Å². The van der Waals surface area contributed by atoms with Crippen LogP contribution in [-0.2, 0) is 0 Å². The van der Waals surface area contributed by atoms with Gasteiger partial charge in [-0.25, -0.2) is 4.39 Å². The van der Waals surface area contributed by atoms with Crippen LogP contribution in [0.5, 0.6) is 5.75 Å². The van der Waals surface area contributed by atoms with Gasteiger partial charge >= 0.3 is 0 Å². The minimum absolute atomic E-state index is 0.266. The summed E-state index contributed by atoms with van der Waals surface area (Å²) in [6.07, 6.45) is -0.997. The predicted octanol–water partition coefficient (Wildman–Crippen LogP) is 3.99. The van der Waals surface area contributed by atoms with Crippen molar-refractivity contribution in [3.8, 4) is 5.75 Å². The molecule has 0 radical (unpaired) electrons. The summed E-state index contributed by atoms with van der Waals surface area (Å²) in [5.41, 5.74) is 1.70. The van der Waals surface area contributed by atoms with E-state index in [1.54, 1.807) is 37.4 Å². The second kappa shape index (κ2) is 5.72. The highest BCUT2D eigenvalue weighted by atomic mass is 79.9.